The van der Waals surface area contributed by atoms with Gasteiger partial charge in [0, 0.05) is 30.9 Å². The smallest absolute Gasteiger partial charge is 0.331 e. The molecule has 0 saturated heterocycles. The third-order valence-electron chi connectivity index (χ3n) is 7.65. The summed E-state index contributed by atoms with van der Waals surface area (Å²) in [7, 11) is 0. The van der Waals surface area contributed by atoms with E-state index in [4.69, 9.17) is 10.5 Å². The fourth-order valence-electron chi connectivity index (χ4n) is 5.61. The number of amides is 4. The highest BCUT2D eigenvalue weighted by Gasteiger charge is 2.34. The Morgan fingerprint density at radius 2 is 1.79 bits per heavy atom. The van der Waals surface area contributed by atoms with Gasteiger partial charge in [0.25, 0.3) is 5.91 Å². The van der Waals surface area contributed by atoms with Gasteiger partial charge in [0.2, 0.25) is 5.91 Å². The summed E-state index contributed by atoms with van der Waals surface area (Å²) in [5.74, 6) is 1.00. The van der Waals surface area contributed by atoms with Gasteiger partial charge in [-0.25, -0.2) is 9.78 Å². The zero-order valence-electron chi connectivity index (χ0n) is 23.6. The van der Waals surface area contributed by atoms with E-state index in [0.29, 0.717) is 39.1 Å². The highest BCUT2D eigenvalue weighted by Crippen LogP contribution is 2.46. The quantitative estimate of drug-likeness (QED) is 0.191. The van der Waals surface area contributed by atoms with E-state index in [1.807, 2.05) is 55.5 Å². The highest BCUT2D eigenvalue weighted by atomic mass is 32.1. The molecule has 6 rings (SSSR count). The predicted octanol–water partition coefficient (Wildman–Crippen LogP) is 5.75. The topological polar surface area (TPSA) is 139 Å². The Balaban J connectivity index is 1.19. The summed E-state index contributed by atoms with van der Waals surface area (Å²) in [6.45, 7) is 2.25. The molecule has 2 aromatic carbocycles. The molecular weight excluding hydrogens is 564 g/mol. The van der Waals surface area contributed by atoms with Crippen LogP contribution in [0.25, 0.3) is 10.2 Å². The maximum absolute atomic E-state index is 13.6. The summed E-state index contributed by atoms with van der Waals surface area (Å²) in [5, 5.41) is 9.83. The average Bonchev–Trinajstić information content (AvgIpc) is 3.38. The lowest BCUT2D eigenvalue weighted by Crippen LogP contribution is -2.43. The van der Waals surface area contributed by atoms with Crippen LogP contribution in [0.3, 0.4) is 0 Å². The standard InChI is InChI=1S/C32H32N6O4S/c1-19-18-23(42-22-6-3-2-4-7-22)13-14-24(19)38-25-15-17-34-31-27(25)28(37-32(38)41)29(43-31)30(40)36-21-11-9-20(10-12-21)35-26(39)8-5-16-33/h2-8,13-15,17-18,20-21H,9-12,16,33H2,1H3,(H,35,39)(H,36,40)(H,37,41)/b8-5+/t20-,21-. The minimum absolute atomic E-state index is 0.0277. The number of nitrogens with two attached hydrogens (primary N) is 1. The van der Waals surface area contributed by atoms with Gasteiger partial charge in [-0.3, -0.25) is 14.5 Å². The van der Waals surface area contributed by atoms with E-state index in [2.05, 4.69) is 20.9 Å². The number of para-hydroxylation sites is 1. The van der Waals surface area contributed by atoms with Crippen molar-refractivity contribution in [2.75, 3.05) is 16.8 Å². The summed E-state index contributed by atoms with van der Waals surface area (Å²) >= 11 is 1.26. The van der Waals surface area contributed by atoms with Crippen molar-refractivity contribution in [1.29, 1.82) is 0 Å². The molecule has 0 spiro atoms. The van der Waals surface area contributed by atoms with E-state index in [1.54, 1.807) is 23.2 Å². The van der Waals surface area contributed by atoms with Gasteiger partial charge >= 0.3 is 6.03 Å². The minimum Gasteiger partial charge on any atom is -0.457 e. The number of ether oxygens (including phenoxy) is 1. The Bertz CT molecular complexity index is 1710. The number of aryl methyl sites for hydroxylation is 1. The van der Waals surface area contributed by atoms with Gasteiger partial charge in [0.05, 0.1) is 22.4 Å². The second-order valence-corrected chi connectivity index (χ2v) is 11.6. The number of rotatable bonds is 8. The minimum atomic E-state index is -0.354. The van der Waals surface area contributed by atoms with Gasteiger partial charge in [-0.1, -0.05) is 24.3 Å². The van der Waals surface area contributed by atoms with E-state index in [-0.39, 0.29) is 29.9 Å². The zero-order chi connectivity index (χ0) is 29.9. The predicted molar refractivity (Wildman–Crippen MR) is 168 cm³/mol. The van der Waals surface area contributed by atoms with Gasteiger partial charge in [-0.2, -0.15) is 0 Å². The number of anilines is 3. The van der Waals surface area contributed by atoms with Crippen LogP contribution in [0.15, 0.2) is 72.9 Å². The monoisotopic (exact) mass is 596 g/mol. The van der Waals surface area contributed by atoms with E-state index >= 15 is 0 Å². The van der Waals surface area contributed by atoms with Crippen molar-refractivity contribution in [3.05, 3.63) is 83.4 Å². The summed E-state index contributed by atoms with van der Waals surface area (Å²) in [6.07, 6.45) is 7.74. The molecule has 0 radical (unpaired) electrons. The number of carbonyl (C=O) groups excluding carboxylic acids is 3. The molecule has 4 amide bonds. The molecule has 5 N–H and O–H groups in total. The van der Waals surface area contributed by atoms with Gasteiger partial charge < -0.3 is 26.4 Å². The van der Waals surface area contributed by atoms with Crippen molar-refractivity contribution in [2.45, 2.75) is 44.7 Å². The normalized spacial score (nSPS) is 18.0. The lowest BCUT2D eigenvalue weighted by atomic mass is 9.91. The Hall–Kier alpha value is -4.74. The number of urea groups is 1. The molecule has 1 aliphatic heterocycles. The molecular formula is C32H32N6O4S. The largest absolute Gasteiger partial charge is 0.457 e. The third kappa shape index (κ3) is 5.95. The number of benzene rings is 2. The Morgan fingerprint density at radius 1 is 1.05 bits per heavy atom. The number of pyridine rings is 1. The molecule has 1 fully saturated rings. The molecule has 1 aliphatic carbocycles. The second-order valence-electron chi connectivity index (χ2n) is 10.6. The SMILES string of the molecule is Cc1cc(Oc2ccccc2)ccc1N1C(=O)Nc2c(C(=O)N[C@H]3CC[C@H](NC(=O)/C=C/CN)CC3)sc3nccc1c23. The maximum Gasteiger partial charge on any atom is 0.331 e. The van der Waals surface area contributed by atoms with Crippen molar-refractivity contribution in [1.82, 2.24) is 15.6 Å². The van der Waals surface area contributed by atoms with Gasteiger partial charge in [-0.05, 0) is 74.6 Å². The zero-order valence-corrected chi connectivity index (χ0v) is 24.4. The fourth-order valence-corrected chi connectivity index (χ4v) is 6.63. The molecule has 11 heteroatoms. The molecule has 2 aromatic heterocycles. The molecule has 2 aliphatic rings. The van der Waals surface area contributed by atoms with Crippen LogP contribution in [-0.4, -0.2) is 41.5 Å². The van der Waals surface area contributed by atoms with Crippen LogP contribution in [0.5, 0.6) is 11.5 Å². The fraction of sp³-hybridized carbons (Fsp3) is 0.250. The molecule has 3 heterocycles. The number of aromatic nitrogens is 1. The van der Waals surface area contributed by atoms with Crippen molar-refractivity contribution >= 4 is 56.5 Å². The third-order valence-corrected chi connectivity index (χ3v) is 8.75. The first-order chi connectivity index (χ1) is 20.9. The number of hydrogen-bond acceptors (Lipinski definition) is 7. The summed E-state index contributed by atoms with van der Waals surface area (Å²) in [5.41, 5.74) is 8.12. The first-order valence-electron chi connectivity index (χ1n) is 14.3. The lowest BCUT2D eigenvalue weighted by molar-refractivity contribution is -0.117. The van der Waals surface area contributed by atoms with Crippen molar-refractivity contribution in [3.63, 3.8) is 0 Å². The van der Waals surface area contributed by atoms with Gasteiger partial charge in [-0.15, -0.1) is 11.3 Å². The lowest BCUT2D eigenvalue weighted by Gasteiger charge is -2.30. The maximum atomic E-state index is 13.6. The first-order valence-corrected chi connectivity index (χ1v) is 15.1. The summed E-state index contributed by atoms with van der Waals surface area (Å²) in [4.78, 5) is 46.2. The number of hydrogen-bond donors (Lipinski definition) is 4. The number of carbonyl (C=O) groups is 3. The van der Waals surface area contributed by atoms with E-state index in [0.717, 1.165) is 42.4 Å². The first kappa shape index (κ1) is 28.4. The van der Waals surface area contributed by atoms with Crippen LogP contribution in [0, 0.1) is 6.92 Å². The van der Waals surface area contributed by atoms with Crippen LogP contribution < -0.4 is 31.3 Å². The van der Waals surface area contributed by atoms with Crippen molar-refractivity contribution < 1.29 is 19.1 Å². The van der Waals surface area contributed by atoms with Crippen LogP contribution in [0.2, 0.25) is 0 Å². The van der Waals surface area contributed by atoms with Crippen LogP contribution in [0.4, 0.5) is 21.9 Å². The average molecular weight is 597 g/mol. The molecule has 10 nitrogen and oxygen atoms in total. The molecule has 4 aromatic rings. The summed E-state index contributed by atoms with van der Waals surface area (Å²) in [6, 6.07) is 16.6. The number of nitrogens with zero attached hydrogens (tertiary/aromatic N) is 2. The molecule has 0 unspecified atom stereocenters. The number of thiophene rings is 1. The van der Waals surface area contributed by atoms with E-state index in [1.165, 1.54) is 17.4 Å². The van der Waals surface area contributed by atoms with Crippen LogP contribution >= 0.6 is 11.3 Å². The van der Waals surface area contributed by atoms with Gasteiger partial charge in [0.15, 0.2) is 0 Å². The highest BCUT2D eigenvalue weighted by molar-refractivity contribution is 7.21. The molecule has 220 valence electrons. The van der Waals surface area contributed by atoms with Crippen LogP contribution in [0.1, 0.15) is 40.9 Å². The molecule has 0 bridgehead atoms. The molecule has 1 saturated carbocycles. The van der Waals surface area contributed by atoms with Crippen molar-refractivity contribution in [3.8, 4) is 11.5 Å². The number of nitrogens with one attached hydrogen (secondary N) is 3. The van der Waals surface area contributed by atoms with E-state index in [9.17, 15) is 14.4 Å². The Labute approximate surface area is 252 Å². The Kier molecular flexibility index (Phi) is 8.08. The molecule has 43 heavy (non-hydrogen) atoms. The molecule has 0 atom stereocenters. The van der Waals surface area contributed by atoms with Crippen molar-refractivity contribution in [2.24, 2.45) is 5.73 Å². The Morgan fingerprint density at radius 3 is 2.51 bits per heavy atom. The van der Waals surface area contributed by atoms with E-state index < -0.39 is 0 Å². The summed E-state index contributed by atoms with van der Waals surface area (Å²) < 4.78 is 5.97. The van der Waals surface area contributed by atoms with Gasteiger partial charge in [0.1, 0.15) is 21.2 Å². The second kappa shape index (κ2) is 12.2. The van der Waals surface area contributed by atoms with Crippen LogP contribution in [-0.2, 0) is 4.79 Å².